The van der Waals surface area contributed by atoms with Gasteiger partial charge in [-0.25, -0.2) is 13.1 Å². The minimum Gasteiger partial charge on any atom is -0.211 e. The van der Waals surface area contributed by atoms with Crippen molar-refractivity contribution in [2.75, 3.05) is 18.6 Å². The summed E-state index contributed by atoms with van der Waals surface area (Å²) in [6.07, 6.45) is 2.02. The molecule has 1 rings (SSSR count). The van der Waals surface area contributed by atoms with Crippen LogP contribution in [0.15, 0.2) is 29.2 Å². The zero-order valence-electron chi connectivity index (χ0n) is 10.5. The second-order valence-electron chi connectivity index (χ2n) is 4.19. The van der Waals surface area contributed by atoms with Gasteiger partial charge in [-0.15, -0.1) is 0 Å². The van der Waals surface area contributed by atoms with E-state index >= 15 is 0 Å². The Morgan fingerprint density at radius 2 is 1.94 bits per heavy atom. The monoisotopic (exact) mass is 351 g/mol. The Morgan fingerprint density at radius 3 is 2.44 bits per heavy atom. The van der Waals surface area contributed by atoms with E-state index in [1.54, 1.807) is 23.9 Å². The summed E-state index contributed by atoms with van der Waals surface area (Å²) in [5.74, 6) is 1.28. The van der Waals surface area contributed by atoms with Crippen molar-refractivity contribution >= 4 is 37.7 Å². The molecule has 0 saturated carbocycles. The molecule has 0 spiro atoms. The highest BCUT2D eigenvalue weighted by Crippen LogP contribution is 2.13. The van der Waals surface area contributed by atoms with Gasteiger partial charge in [0.1, 0.15) is 0 Å². The molecule has 0 fully saturated rings. The average molecular weight is 352 g/mol. The maximum absolute atomic E-state index is 12.0. The van der Waals surface area contributed by atoms with Crippen LogP contribution >= 0.6 is 27.7 Å². The van der Waals surface area contributed by atoms with E-state index in [0.29, 0.717) is 17.4 Å². The van der Waals surface area contributed by atoms with Gasteiger partial charge >= 0.3 is 0 Å². The molecule has 1 N–H and O–H groups in total. The van der Waals surface area contributed by atoms with Crippen molar-refractivity contribution in [3.63, 3.8) is 0 Å². The van der Waals surface area contributed by atoms with Crippen LogP contribution in [0.25, 0.3) is 0 Å². The van der Waals surface area contributed by atoms with Crippen molar-refractivity contribution < 1.29 is 8.42 Å². The fraction of sp³-hybridized carbons (Fsp3) is 0.500. The molecule has 1 atom stereocenters. The molecule has 0 saturated heterocycles. The summed E-state index contributed by atoms with van der Waals surface area (Å²) in [6.45, 7) is 2.51. The summed E-state index contributed by atoms with van der Waals surface area (Å²) in [6, 6.07) is 6.90. The van der Waals surface area contributed by atoms with Crippen LogP contribution < -0.4 is 4.72 Å². The lowest BCUT2D eigenvalue weighted by molar-refractivity contribution is 0.562. The van der Waals surface area contributed by atoms with Crippen molar-refractivity contribution in [2.24, 2.45) is 5.92 Å². The molecule has 0 aromatic heterocycles. The maximum atomic E-state index is 12.0. The van der Waals surface area contributed by atoms with E-state index < -0.39 is 10.0 Å². The third-order valence-corrected chi connectivity index (χ3v) is 5.45. The number of nitrogens with one attached hydrogen (secondary N) is 1. The maximum Gasteiger partial charge on any atom is 0.240 e. The van der Waals surface area contributed by atoms with Gasteiger partial charge in [0.2, 0.25) is 10.0 Å². The zero-order chi connectivity index (χ0) is 13.6. The van der Waals surface area contributed by atoms with Crippen molar-refractivity contribution in [3.8, 4) is 0 Å². The molecule has 0 aliphatic rings. The molecule has 0 aliphatic carbocycles. The van der Waals surface area contributed by atoms with E-state index in [9.17, 15) is 8.42 Å². The number of halogens is 1. The van der Waals surface area contributed by atoms with Crippen LogP contribution in [0.1, 0.15) is 12.5 Å². The van der Waals surface area contributed by atoms with Crippen LogP contribution in [0.5, 0.6) is 0 Å². The van der Waals surface area contributed by atoms with Gasteiger partial charge in [-0.2, -0.15) is 11.8 Å². The normalized spacial score (nSPS) is 13.5. The van der Waals surface area contributed by atoms with Crippen LogP contribution in [-0.2, 0) is 15.4 Å². The number of benzene rings is 1. The second kappa shape index (κ2) is 7.53. The molecule has 0 heterocycles. The first-order chi connectivity index (χ1) is 8.49. The molecule has 0 amide bonds. The van der Waals surface area contributed by atoms with Crippen LogP contribution in [0.3, 0.4) is 0 Å². The van der Waals surface area contributed by atoms with Crippen molar-refractivity contribution in [2.45, 2.75) is 17.1 Å². The standard InChI is InChI=1S/C12H18BrNO2S2/c1-10(9-17-2)8-14-18(15,16)12-5-3-11(7-13)4-6-12/h3-6,10,14H,7-9H2,1-2H3. The zero-order valence-corrected chi connectivity index (χ0v) is 13.7. The van der Waals surface area contributed by atoms with Gasteiger partial charge in [0.15, 0.2) is 0 Å². The molecule has 1 aromatic carbocycles. The van der Waals surface area contributed by atoms with Crippen molar-refractivity contribution in [1.29, 1.82) is 0 Å². The van der Waals surface area contributed by atoms with Gasteiger partial charge in [-0.1, -0.05) is 35.0 Å². The van der Waals surface area contributed by atoms with Crippen molar-refractivity contribution in [1.82, 2.24) is 4.72 Å². The summed E-state index contributed by atoms with van der Waals surface area (Å²) >= 11 is 5.05. The molecule has 3 nitrogen and oxygen atoms in total. The highest BCUT2D eigenvalue weighted by atomic mass is 79.9. The average Bonchev–Trinajstić information content (AvgIpc) is 2.37. The first-order valence-electron chi connectivity index (χ1n) is 5.63. The summed E-state index contributed by atoms with van der Waals surface area (Å²) in [5, 5.41) is 0.728. The summed E-state index contributed by atoms with van der Waals surface area (Å²) in [7, 11) is -3.37. The summed E-state index contributed by atoms with van der Waals surface area (Å²) in [4.78, 5) is 0.323. The Hall–Kier alpha value is -0.0400. The van der Waals surface area contributed by atoms with E-state index in [2.05, 4.69) is 20.7 Å². The smallest absolute Gasteiger partial charge is 0.211 e. The predicted molar refractivity (Wildman–Crippen MR) is 81.8 cm³/mol. The molecule has 102 valence electrons. The van der Waals surface area contributed by atoms with Gasteiger partial charge < -0.3 is 0 Å². The van der Waals surface area contributed by atoms with E-state index in [4.69, 9.17) is 0 Å². The number of rotatable bonds is 7. The second-order valence-corrected chi connectivity index (χ2v) is 7.43. The molecule has 0 aliphatic heterocycles. The van der Waals surface area contributed by atoms with Gasteiger partial charge in [-0.05, 0) is 35.6 Å². The van der Waals surface area contributed by atoms with Crippen LogP contribution in [0.2, 0.25) is 0 Å². The minimum absolute atomic E-state index is 0.323. The molecule has 0 radical (unpaired) electrons. The molecule has 1 unspecified atom stereocenters. The molecular weight excluding hydrogens is 334 g/mol. The lowest BCUT2D eigenvalue weighted by Crippen LogP contribution is -2.29. The van der Waals surface area contributed by atoms with E-state index in [0.717, 1.165) is 16.6 Å². The number of sulfonamides is 1. The fourth-order valence-corrected chi connectivity index (χ4v) is 3.66. The lowest BCUT2D eigenvalue weighted by Gasteiger charge is -2.11. The predicted octanol–water partition coefficient (Wildman–Crippen LogP) is 2.86. The highest BCUT2D eigenvalue weighted by molar-refractivity contribution is 9.08. The molecule has 0 bridgehead atoms. The van der Waals surface area contributed by atoms with Crippen LogP contribution in [0, 0.1) is 5.92 Å². The van der Waals surface area contributed by atoms with E-state index in [-0.39, 0.29) is 0 Å². The SMILES string of the molecule is CSCC(C)CNS(=O)(=O)c1ccc(CBr)cc1. The number of hydrogen-bond donors (Lipinski definition) is 1. The lowest BCUT2D eigenvalue weighted by atomic mass is 10.2. The molecule has 6 heteroatoms. The largest absolute Gasteiger partial charge is 0.240 e. The third-order valence-electron chi connectivity index (χ3n) is 2.46. The van der Waals surface area contributed by atoms with Crippen LogP contribution in [-0.4, -0.2) is 27.0 Å². The number of thioether (sulfide) groups is 1. The summed E-state index contributed by atoms with van der Waals surface area (Å²) in [5.41, 5.74) is 1.06. The Labute approximate surface area is 122 Å². The quantitative estimate of drug-likeness (QED) is 0.768. The van der Waals surface area contributed by atoms with Crippen LogP contribution in [0.4, 0.5) is 0 Å². The number of alkyl halides is 1. The van der Waals surface area contributed by atoms with E-state index in [1.807, 2.05) is 25.3 Å². The number of hydrogen-bond acceptors (Lipinski definition) is 3. The topological polar surface area (TPSA) is 46.2 Å². The van der Waals surface area contributed by atoms with E-state index in [1.165, 1.54) is 0 Å². The fourth-order valence-electron chi connectivity index (χ4n) is 1.44. The Morgan fingerprint density at radius 1 is 1.33 bits per heavy atom. The van der Waals surface area contributed by atoms with Gasteiger partial charge in [-0.3, -0.25) is 0 Å². The Bertz CT molecular complexity index is 459. The van der Waals surface area contributed by atoms with Gasteiger partial charge in [0.25, 0.3) is 0 Å². The third kappa shape index (κ3) is 4.91. The highest BCUT2D eigenvalue weighted by Gasteiger charge is 2.14. The first-order valence-corrected chi connectivity index (χ1v) is 9.63. The van der Waals surface area contributed by atoms with Gasteiger partial charge in [0, 0.05) is 11.9 Å². The van der Waals surface area contributed by atoms with Gasteiger partial charge in [0.05, 0.1) is 4.90 Å². The summed E-state index contributed by atoms with van der Waals surface area (Å²) < 4.78 is 26.7. The van der Waals surface area contributed by atoms with Crippen molar-refractivity contribution in [3.05, 3.63) is 29.8 Å². The Kier molecular flexibility index (Phi) is 6.70. The molecule has 18 heavy (non-hydrogen) atoms. The molecular formula is C12H18BrNO2S2. The first kappa shape index (κ1) is 16.0. The Balaban J connectivity index is 2.67. The minimum atomic E-state index is -3.37. The molecule has 1 aromatic rings.